The molecule has 6 nitrogen and oxygen atoms in total. The second-order valence-corrected chi connectivity index (χ2v) is 5.90. The Hall–Kier alpha value is -1.30. The Labute approximate surface area is 108 Å². The first kappa shape index (κ1) is 16.7. The highest BCUT2D eigenvalue weighted by atomic mass is 16.6. The summed E-state index contributed by atoms with van der Waals surface area (Å²) in [6.45, 7) is 9.96. The average molecular weight is 260 g/mol. The topological polar surface area (TPSA) is 87.7 Å². The van der Waals surface area contributed by atoms with Gasteiger partial charge in [0.2, 0.25) is 5.91 Å². The van der Waals surface area contributed by atoms with Gasteiger partial charge < -0.3 is 20.5 Å². The third kappa shape index (κ3) is 7.11. The number of aliphatic hydroxyl groups is 1. The van der Waals surface area contributed by atoms with Gasteiger partial charge in [-0.3, -0.25) is 4.79 Å². The number of hydrogen-bond donors (Lipinski definition) is 3. The first-order valence-corrected chi connectivity index (χ1v) is 5.89. The monoisotopic (exact) mass is 260 g/mol. The Bertz CT molecular complexity index is 308. The molecule has 0 bridgehead atoms. The number of amides is 2. The van der Waals surface area contributed by atoms with Crippen LogP contribution in [0.4, 0.5) is 4.79 Å². The number of alkyl carbamates (subject to hydrolysis) is 1. The average Bonchev–Trinajstić information content (AvgIpc) is 2.13. The van der Waals surface area contributed by atoms with Crippen LogP contribution in [0, 0.1) is 0 Å². The molecule has 0 spiro atoms. The van der Waals surface area contributed by atoms with E-state index in [4.69, 9.17) is 9.84 Å². The number of nitrogens with one attached hydrogen (secondary N) is 2. The summed E-state index contributed by atoms with van der Waals surface area (Å²) in [5.41, 5.74) is -1.33. The molecular formula is C12H24N2O4. The van der Waals surface area contributed by atoms with E-state index in [1.54, 1.807) is 41.5 Å². The highest BCUT2D eigenvalue weighted by molar-refractivity contribution is 5.85. The zero-order valence-electron chi connectivity index (χ0n) is 12.0. The molecule has 0 saturated carbocycles. The lowest BCUT2D eigenvalue weighted by Gasteiger charge is -2.26. The molecule has 6 heteroatoms. The Morgan fingerprint density at radius 1 is 1.22 bits per heavy atom. The van der Waals surface area contributed by atoms with Crippen LogP contribution in [-0.2, 0) is 9.53 Å². The zero-order chi connectivity index (χ0) is 14.6. The van der Waals surface area contributed by atoms with Gasteiger partial charge in [-0.1, -0.05) is 0 Å². The Balaban J connectivity index is 4.29. The lowest BCUT2D eigenvalue weighted by molar-refractivity contribution is -0.124. The molecule has 0 aromatic rings. The standard InChI is InChI=1S/C12H24N2O4/c1-8(9(16)14-12(5,6)7-15)13-10(17)18-11(2,3)4/h8,15H,7H2,1-6H3,(H,13,17)(H,14,16). The van der Waals surface area contributed by atoms with Crippen molar-refractivity contribution in [2.24, 2.45) is 0 Å². The molecule has 1 atom stereocenters. The van der Waals surface area contributed by atoms with Gasteiger partial charge >= 0.3 is 6.09 Å². The molecule has 0 fully saturated rings. The molecule has 0 saturated heterocycles. The summed E-state index contributed by atoms with van der Waals surface area (Å²) in [6, 6.07) is -0.731. The summed E-state index contributed by atoms with van der Waals surface area (Å²) in [4.78, 5) is 23.2. The summed E-state index contributed by atoms with van der Waals surface area (Å²) < 4.78 is 5.04. The number of carbonyl (C=O) groups is 2. The van der Waals surface area contributed by atoms with E-state index >= 15 is 0 Å². The summed E-state index contributed by atoms with van der Waals surface area (Å²) in [7, 11) is 0. The maximum Gasteiger partial charge on any atom is 0.408 e. The maximum atomic E-state index is 11.7. The SMILES string of the molecule is CC(NC(=O)OC(C)(C)C)C(=O)NC(C)(C)CO. The minimum atomic E-state index is -0.731. The molecule has 106 valence electrons. The van der Waals surface area contributed by atoms with Crippen LogP contribution in [0.1, 0.15) is 41.5 Å². The van der Waals surface area contributed by atoms with Crippen molar-refractivity contribution in [3.63, 3.8) is 0 Å². The summed E-state index contributed by atoms with van der Waals surface area (Å²) >= 11 is 0. The molecule has 2 amide bonds. The third-order valence-electron chi connectivity index (χ3n) is 1.98. The number of ether oxygens (including phenoxy) is 1. The van der Waals surface area contributed by atoms with Crippen molar-refractivity contribution in [2.75, 3.05) is 6.61 Å². The quantitative estimate of drug-likeness (QED) is 0.697. The minimum Gasteiger partial charge on any atom is -0.444 e. The van der Waals surface area contributed by atoms with E-state index in [0.717, 1.165) is 0 Å². The largest absolute Gasteiger partial charge is 0.444 e. The van der Waals surface area contributed by atoms with Gasteiger partial charge in [0.1, 0.15) is 11.6 Å². The molecule has 1 unspecified atom stereocenters. The third-order valence-corrected chi connectivity index (χ3v) is 1.98. The first-order chi connectivity index (χ1) is 7.97. The van der Waals surface area contributed by atoms with Crippen LogP contribution in [0.5, 0.6) is 0 Å². The Morgan fingerprint density at radius 2 is 1.72 bits per heavy atom. The molecule has 0 rings (SSSR count). The van der Waals surface area contributed by atoms with Crippen LogP contribution in [0.25, 0.3) is 0 Å². The van der Waals surface area contributed by atoms with E-state index in [2.05, 4.69) is 10.6 Å². The number of aliphatic hydroxyl groups excluding tert-OH is 1. The molecule has 0 aliphatic carbocycles. The van der Waals surface area contributed by atoms with Gasteiger partial charge in [0.05, 0.1) is 12.1 Å². The molecule has 18 heavy (non-hydrogen) atoms. The number of hydrogen-bond acceptors (Lipinski definition) is 4. The van der Waals surface area contributed by atoms with Crippen LogP contribution in [0.15, 0.2) is 0 Å². The van der Waals surface area contributed by atoms with E-state index < -0.39 is 23.3 Å². The van der Waals surface area contributed by atoms with Gasteiger partial charge in [-0.15, -0.1) is 0 Å². The molecule has 3 N–H and O–H groups in total. The minimum absolute atomic E-state index is 0.183. The van der Waals surface area contributed by atoms with Crippen LogP contribution in [-0.4, -0.2) is 40.9 Å². The lowest BCUT2D eigenvalue weighted by atomic mass is 10.1. The molecule has 0 aromatic carbocycles. The van der Waals surface area contributed by atoms with Crippen molar-refractivity contribution < 1.29 is 19.4 Å². The molecule has 0 heterocycles. The summed E-state index contributed by atoms with van der Waals surface area (Å²) in [5.74, 6) is -0.375. The maximum absolute atomic E-state index is 11.7. The van der Waals surface area contributed by atoms with Crippen molar-refractivity contribution in [1.29, 1.82) is 0 Å². The van der Waals surface area contributed by atoms with Gasteiger partial charge in [0.15, 0.2) is 0 Å². The fourth-order valence-corrected chi connectivity index (χ4v) is 1.03. The van der Waals surface area contributed by atoms with Crippen molar-refractivity contribution in [1.82, 2.24) is 10.6 Å². The van der Waals surface area contributed by atoms with E-state index in [9.17, 15) is 9.59 Å². The fraction of sp³-hybridized carbons (Fsp3) is 0.833. The predicted molar refractivity (Wildman–Crippen MR) is 68.1 cm³/mol. The molecule has 0 aliphatic rings. The highest BCUT2D eigenvalue weighted by Gasteiger charge is 2.25. The van der Waals surface area contributed by atoms with Gasteiger partial charge in [0, 0.05) is 0 Å². The van der Waals surface area contributed by atoms with Crippen molar-refractivity contribution in [3.8, 4) is 0 Å². The van der Waals surface area contributed by atoms with Crippen LogP contribution in [0.2, 0.25) is 0 Å². The summed E-state index contributed by atoms with van der Waals surface area (Å²) in [5, 5.41) is 14.1. The normalized spacial score (nSPS) is 13.7. The fourth-order valence-electron chi connectivity index (χ4n) is 1.03. The van der Waals surface area contributed by atoms with Crippen molar-refractivity contribution in [2.45, 2.75) is 58.7 Å². The first-order valence-electron chi connectivity index (χ1n) is 5.89. The second kappa shape index (κ2) is 6.04. The Morgan fingerprint density at radius 3 is 2.11 bits per heavy atom. The van der Waals surface area contributed by atoms with Crippen LogP contribution >= 0.6 is 0 Å². The van der Waals surface area contributed by atoms with Gasteiger partial charge in [-0.2, -0.15) is 0 Å². The van der Waals surface area contributed by atoms with Crippen LogP contribution < -0.4 is 10.6 Å². The number of rotatable bonds is 4. The lowest BCUT2D eigenvalue weighted by Crippen LogP contribution is -2.54. The van der Waals surface area contributed by atoms with E-state index in [0.29, 0.717) is 0 Å². The Kier molecular flexibility index (Phi) is 5.60. The molecule has 0 aliphatic heterocycles. The number of carbonyl (C=O) groups excluding carboxylic acids is 2. The van der Waals surface area contributed by atoms with Gasteiger partial charge in [-0.25, -0.2) is 4.79 Å². The molecule has 0 aromatic heterocycles. The van der Waals surface area contributed by atoms with Crippen LogP contribution in [0.3, 0.4) is 0 Å². The van der Waals surface area contributed by atoms with Crippen molar-refractivity contribution in [3.05, 3.63) is 0 Å². The molecule has 0 radical (unpaired) electrons. The van der Waals surface area contributed by atoms with Gasteiger partial charge in [-0.05, 0) is 41.5 Å². The summed E-state index contributed by atoms with van der Waals surface area (Å²) in [6.07, 6.45) is -0.646. The van der Waals surface area contributed by atoms with Gasteiger partial charge in [0.25, 0.3) is 0 Å². The van der Waals surface area contributed by atoms with Crippen molar-refractivity contribution >= 4 is 12.0 Å². The highest BCUT2D eigenvalue weighted by Crippen LogP contribution is 2.07. The van der Waals surface area contributed by atoms with E-state index in [-0.39, 0.29) is 12.5 Å². The van der Waals surface area contributed by atoms with E-state index in [1.807, 2.05) is 0 Å². The smallest absolute Gasteiger partial charge is 0.408 e. The second-order valence-electron chi connectivity index (χ2n) is 5.90. The molecular weight excluding hydrogens is 236 g/mol. The predicted octanol–water partition coefficient (Wildman–Crippen LogP) is 0.787. The van der Waals surface area contributed by atoms with E-state index in [1.165, 1.54) is 0 Å². The zero-order valence-corrected chi connectivity index (χ0v) is 12.0.